The van der Waals surface area contributed by atoms with Crippen LogP contribution in [-0.4, -0.2) is 22.4 Å². The fourth-order valence-electron chi connectivity index (χ4n) is 1.70. The Morgan fingerprint density at radius 3 is 2.86 bits per heavy atom. The lowest BCUT2D eigenvalue weighted by molar-refractivity contribution is -0.387. The molecule has 6 nitrogen and oxygen atoms in total. The summed E-state index contributed by atoms with van der Waals surface area (Å²) in [6, 6.07) is 3.07. The molecule has 110 valence electrons. The third-order valence-corrected chi connectivity index (χ3v) is 3.72. The SMILES string of the molecule is Cc1csc(CCNC(=O)c2ccc([N+](=O)[O-])c(F)c2)n1. The van der Waals surface area contributed by atoms with Crippen molar-refractivity contribution in [3.05, 3.63) is 55.8 Å². The van der Waals surface area contributed by atoms with E-state index in [0.29, 0.717) is 13.0 Å². The van der Waals surface area contributed by atoms with E-state index in [1.165, 1.54) is 17.4 Å². The molecule has 0 bridgehead atoms. The number of nitro benzene ring substituents is 1. The van der Waals surface area contributed by atoms with Gasteiger partial charge in [0.25, 0.3) is 5.91 Å². The number of halogens is 1. The van der Waals surface area contributed by atoms with Crippen molar-refractivity contribution < 1.29 is 14.1 Å². The molecular formula is C13H12FN3O3S. The number of aryl methyl sites for hydroxylation is 1. The molecule has 0 aliphatic heterocycles. The molecule has 0 atom stereocenters. The van der Waals surface area contributed by atoms with Gasteiger partial charge >= 0.3 is 5.69 Å². The highest BCUT2D eigenvalue weighted by Crippen LogP contribution is 2.18. The topological polar surface area (TPSA) is 85.1 Å². The van der Waals surface area contributed by atoms with Crippen LogP contribution in [0.1, 0.15) is 21.1 Å². The van der Waals surface area contributed by atoms with Crippen molar-refractivity contribution in [1.29, 1.82) is 0 Å². The lowest BCUT2D eigenvalue weighted by Gasteiger charge is -2.04. The fraction of sp³-hybridized carbons (Fsp3) is 0.231. The summed E-state index contributed by atoms with van der Waals surface area (Å²) >= 11 is 1.51. The van der Waals surface area contributed by atoms with Gasteiger partial charge in [-0.2, -0.15) is 4.39 Å². The highest BCUT2D eigenvalue weighted by Gasteiger charge is 2.16. The number of hydrogen-bond donors (Lipinski definition) is 1. The third kappa shape index (κ3) is 3.82. The maximum absolute atomic E-state index is 13.4. The molecule has 0 aliphatic carbocycles. The Bertz CT molecular complexity index is 687. The summed E-state index contributed by atoms with van der Waals surface area (Å²) < 4.78 is 13.4. The fourth-order valence-corrected chi connectivity index (χ4v) is 2.47. The van der Waals surface area contributed by atoms with E-state index >= 15 is 0 Å². The van der Waals surface area contributed by atoms with Crippen LogP contribution in [0.2, 0.25) is 0 Å². The minimum Gasteiger partial charge on any atom is -0.352 e. The smallest absolute Gasteiger partial charge is 0.304 e. The Hall–Kier alpha value is -2.35. The van der Waals surface area contributed by atoms with E-state index < -0.39 is 22.3 Å². The number of rotatable bonds is 5. The van der Waals surface area contributed by atoms with Crippen LogP contribution >= 0.6 is 11.3 Å². The van der Waals surface area contributed by atoms with Crippen LogP contribution < -0.4 is 5.32 Å². The second kappa shape index (κ2) is 6.40. The van der Waals surface area contributed by atoms with Crippen molar-refractivity contribution in [3.8, 4) is 0 Å². The average molecular weight is 309 g/mol. The minimum atomic E-state index is -1.02. The van der Waals surface area contributed by atoms with E-state index in [1.807, 2.05) is 12.3 Å². The predicted molar refractivity (Wildman–Crippen MR) is 75.9 cm³/mol. The Labute approximate surface area is 123 Å². The molecule has 2 rings (SSSR count). The molecule has 0 fully saturated rings. The van der Waals surface area contributed by atoms with E-state index in [2.05, 4.69) is 10.3 Å². The Kier molecular flexibility index (Phi) is 4.59. The molecule has 0 saturated heterocycles. The zero-order valence-electron chi connectivity index (χ0n) is 11.1. The van der Waals surface area contributed by atoms with Gasteiger partial charge in [-0.3, -0.25) is 14.9 Å². The molecule has 2 aromatic rings. The number of hydrogen-bond acceptors (Lipinski definition) is 5. The average Bonchev–Trinajstić information content (AvgIpc) is 2.83. The van der Waals surface area contributed by atoms with Crippen molar-refractivity contribution in [1.82, 2.24) is 10.3 Å². The van der Waals surface area contributed by atoms with Gasteiger partial charge in [-0.25, -0.2) is 4.98 Å². The zero-order valence-corrected chi connectivity index (χ0v) is 11.9. The van der Waals surface area contributed by atoms with Crippen LogP contribution in [0.25, 0.3) is 0 Å². The number of thiazole rings is 1. The van der Waals surface area contributed by atoms with Gasteiger partial charge in [-0.15, -0.1) is 11.3 Å². The number of nitro groups is 1. The highest BCUT2D eigenvalue weighted by atomic mass is 32.1. The van der Waals surface area contributed by atoms with E-state index in [0.717, 1.165) is 22.8 Å². The second-order valence-corrected chi connectivity index (χ2v) is 5.25. The van der Waals surface area contributed by atoms with Gasteiger partial charge in [0, 0.05) is 35.7 Å². The number of benzene rings is 1. The number of amides is 1. The largest absolute Gasteiger partial charge is 0.352 e. The van der Waals surface area contributed by atoms with Gasteiger partial charge in [0.05, 0.1) is 9.93 Å². The molecule has 1 aromatic heterocycles. The minimum absolute atomic E-state index is 0.0495. The van der Waals surface area contributed by atoms with Gasteiger partial charge in [-0.05, 0) is 19.1 Å². The number of carbonyl (C=O) groups excluding carboxylic acids is 1. The maximum atomic E-state index is 13.4. The van der Waals surface area contributed by atoms with E-state index in [4.69, 9.17) is 0 Å². The van der Waals surface area contributed by atoms with Crippen LogP contribution in [0, 0.1) is 22.9 Å². The van der Waals surface area contributed by atoms with Crippen LogP contribution in [0.5, 0.6) is 0 Å². The quantitative estimate of drug-likeness (QED) is 0.679. The number of nitrogens with one attached hydrogen (secondary N) is 1. The first-order valence-electron chi connectivity index (χ1n) is 6.10. The molecule has 1 heterocycles. The van der Waals surface area contributed by atoms with Gasteiger partial charge in [0.2, 0.25) is 5.82 Å². The molecule has 1 N–H and O–H groups in total. The van der Waals surface area contributed by atoms with E-state index in [1.54, 1.807) is 0 Å². The van der Waals surface area contributed by atoms with Crippen molar-refractivity contribution in [3.63, 3.8) is 0 Å². The first-order chi connectivity index (χ1) is 9.97. The van der Waals surface area contributed by atoms with Crippen LogP contribution in [-0.2, 0) is 6.42 Å². The van der Waals surface area contributed by atoms with E-state index in [-0.39, 0.29) is 5.56 Å². The summed E-state index contributed by atoms with van der Waals surface area (Å²) in [7, 11) is 0. The van der Waals surface area contributed by atoms with E-state index in [9.17, 15) is 19.3 Å². The summed E-state index contributed by atoms with van der Waals surface area (Å²) in [6.45, 7) is 2.25. The van der Waals surface area contributed by atoms with Crippen LogP contribution in [0.4, 0.5) is 10.1 Å². The molecule has 0 unspecified atom stereocenters. The molecule has 8 heteroatoms. The molecule has 0 radical (unpaired) electrons. The zero-order chi connectivity index (χ0) is 15.4. The molecule has 0 aliphatic rings. The molecule has 21 heavy (non-hydrogen) atoms. The van der Waals surface area contributed by atoms with Crippen molar-refractivity contribution in [2.45, 2.75) is 13.3 Å². The summed E-state index contributed by atoms with van der Waals surface area (Å²) in [6.07, 6.45) is 0.583. The molecule has 0 saturated carbocycles. The Balaban J connectivity index is 1.94. The standard InChI is InChI=1S/C13H12FN3O3S/c1-8-7-21-12(16-8)4-5-15-13(18)9-2-3-11(17(19)20)10(14)6-9/h2-3,6-7H,4-5H2,1H3,(H,15,18). The summed E-state index contributed by atoms with van der Waals surface area (Å²) in [5, 5.41) is 15.9. The summed E-state index contributed by atoms with van der Waals surface area (Å²) in [5.74, 6) is -1.50. The molecule has 1 aromatic carbocycles. The van der Waals surface area contributed by atoms with Gasteiger partial charge in [-0.1, -0.05) is 0 Å². The first kappa shape index (κ1) is 15.0. The third-order valence-electron chi connectivity index (χ3n) is 2.70. The normalized spacial score (nSPS) is 10.4. The molecular weight excluding hydrogens is 297 g/mol. The predicted octanol–water partition coefficient (Wildman–Crippen LogP) is 2.47. The Morgan fingerprint density at radius 1 is 1.52 bits per heavy atom. The van der Waals surface area contributed by atoms with Gasteiger partial charge in [0.1, 0.15) is 0 Å². The van der Waals surface area contributed by atoms with Gasteiger partial charge in [0.15, 0.2) is 0 Å². The van der Waals surface area contributed by atoms with Crippen LogP contribution in [0.3, 0.4) is 0 Å². The molecule has 0 spiro atoms. The maximum Gasteiger partial charge on any atom is 0.304 e. The van der Waals surface area contributed by atoms with Crippen molar-refractivity contribution in [2.24, 2.45) is 0 Å². The van der Waals surface area contributed by atoms with Crippen LogP contribution in [0.15, 0.2) is 23.6 Å². The van der Waals surface area contributed by atoms with Crippen molar-refractivity contribution in [2.75, 3.05) is 6.54 Å². The molecule has 1 amide bonds. The number of aromatic nitrogens is 1. The lowest BCUT2D eigenvalue weighted by atomic mass is 10.2. The lowest BCUT2D eigenvalue weighted by Crippen LogP contribution is -2.25. The second-order valence-electron chi connectivity index (χ2n) is 4.31. The number of nitrogens with zero attached hydrogens (tertiary/aromatic N) is 2. The summed E-state index contributed by atoms with van der Waals surface area (Å²) in [4.78, 5) is 25.7. The first-order valence-corrected chi connectivity index (χ1v) is 6.98. The van der Waals surface area contributed by atoms with Gasteiger partial charge < -0.3 is 5.32 Å². The van der Waals surface area contributed by atoms with Crippen molar-refractivity contribution >= 4 is 22.9 Å². The monoisotopic (exact) mass is 309 g/mol. The highest BCUT2D eigenvalue weighted by molar-refractivity contribution is 7.09. The Morgan fingerprint density at radius 2 is 2.29 bits per heavy atom. The summed E-state index contributed by atoms with van der Waals surface area (Å²) in [5.41, 5.74) is 0.331. The number of carbonyl (C=O) groups is 1.